The average Bonchev–Trinajstić information content (AvgIpc) is 3.28. The summed E-state index contributed by atoms with van der Waals surface area (Å²) in [5, 5.41) is 0. The van der Waals surface area contributed by atoms with Gasteiger partial charge in [0.1, 0.15) is 4.88 Å². The van der Waals surface area contributed by atoms with Crippen LogP contribution in [0.15, 0.2) is 30.0 Å². The lowest BCUT2D eigenvalue weighted by molar-refractivity contribution is 0.0609. The minimum Gasteiger partial charge on any atom is -0.361 e. The minimum absolute atomic E-state index is 0.00301. The van der Waals surface area contributed by atoms with Crippen molar-refractivity contribution in [3.8, 4) is 0 Å². The topological polar surface area (TPSA) is 53.7 Å². The Kier molecular flexibility index (Phi) is 4.40. The predicted molar refractivity (Wildman–Crippen MR) is 104 cm³/mol. The highest BCUT2D eigenvalue weighted by Crippen LogP contribution is 2.34. The van der Waals surface area contributed by atoms with E-state index in [0.717, 1.165) is 53.4 Å². The average molecular weight is 369 g/mol. The summed E-state index contributed by atoms with van der Waals surface area (Å²) in [7, 11) is 4.01. The Morgan fingerprint density at radius 3 is 2.92 bits per heavy atom. The van der Waals surface area contributed by atoms with E-state index in [1.165, 1.54) is 11.3 Å². The third-order valence-corrected chi connectivity index (χ3v) is 5.90. The van der Waals surface area contributed by atoms with Crippen molar-refractivity contribution in [3.63, 3.8) is 0 Å². The van der Waals surface area contributed by atoms with Crippen LogP contribution in [0.1, 0.15) is 46.4 Å². The normalized spacial score (nSPS) is 17.7. The third kappa shape index (κ3) is 2.86. The number of hydrogen-bond donors (Lipinski definition) is 0. The number of hydrogen-bond acceptors (Lipinski definition) is 5. The molecule has 0 aromatic carbocycles. The zero-order chi connectivity index (χ0) is 18.3. The predicted octanol–water partition coefficient (Wildman–Crippen LogP) is 3.53. The summed E-state index contributed by atoms with van der Waals surface area (Å²) < 4.78 is 2.10. The molecule has 26 heavy (non-hydrogen) atoms. The Bertz CT molecular complexity index is 944. The van der Waals surface area contributed by atoms with Crippen molar-refractivity contribution in [2.75, 3.05) is 25.5 Å². The maximum absolute atomic E-state index is 13.1. The molecule has 4 rings (SSSR count). The lowest BCUT2D eigenvalue weighted by Crippen LogP contribution is -2.39. The Morgan fingerprint density at radius 2 is 2.19 bits per heavy atom. The second-order valence-electron chi connectivity index (χ2n) is 6.96. The standard InChI is InChI=1S/C19H23N5OS/c1-13-17(26-12-20-13)19(25)24-10-5-4-7-15(24)14-11-23-9-6-8-16(23)18(21-14)22(2)3/h6,8-9,11-12,15H,4-5,7,10H2,1-3H3. The number of fused-ring (bicyclic) bond motifs is 1. The molecule has 1 amide bonds. The summed E-state index contributed by atoms with van der Waals surface area (Å²) in [4.78, 5) is 27.1. The van der Waals surface area contributed by atoms with E-state index in [1.807, 2.05) is 43.1 Å². The lowest BCUT2D eigenvalue weighted by atomic mass is 9.99. The minimum atomic E-state index is 0.00301. The van der Waals surface area contributed by atoms with Crippen LogP contribution in [0.25, 0.3) is 5.52 Å². The van der Waals surface area contributed by atoms with Gasteiger partial charge in [0.15, 0.2) is 5.82 Å². The van der Waals surface area contributed by atoms with Crippen LogP contribution in [0.4, 0.5) is 5.82 Å². The van der Waals surface area contributed by atoms with Crippen LogP contribution < -0.4 is 4.90 Å². The molecule has 7 heteroatoms. The Balaban J connectivity index is 1.76. The molecule has 1 fully saturated rings. The number of rotatable bonds is 3. The highest BCUT2D eigenvalue weighted by atomic mass is 32.1. The van der Waals surface area contributed by atoms with Gasteiger partial charge in [0.2, 0.25) is 0 Å². The number of carbonyl (C=O) groups excluding carboxylic acids is 1. The van der Waals surface area contributed by atoms with Gasteiger partial charge in [0.05, 0.1) is 28.5 Å². The second kappa shape index (κ2) is 6.72. The highest BCUT2D eigenvalue weighted by Gasteiger charge is 2.32. The van der Waals surface area contributed by atoms with Gasteiger partial charge in [-0.3, -0.25) is 4.79 Å². The molecule has 3 aromatic heterocycles. The van der Waals surface area contributed by atoms with Crippen LogP contribution in [0.3, 0.4) is 0 Å². The summed E-state index contributed by atoms with van der Waals surface area (Å²) in [5.41, 5.74) is 4.58. The summed E-state index contributed by atoms with van der Waals surface area (Å²) >= 11 is 1.42. The molecule has 0 radical (unpaired) electrons. The molecular formula is C19H23N5OS. The van der Waals surface area contributed by atoms with Gasteiger partial charge in [0, 0.05) is 33.0 Å². The molecule has 1 saturated heterocycles. The largest absolute Gasteiger partial charge is 0.361 e. The van der Waals surface area contributed by atoms with Gasteiger partial charge < -0.3 is 14.2 Å². The van der Waals surface area contributed by atoms with E-state index >= 15 is 0 Å². The van der Waals surface area contributed by atoms with Gasteiger partial charge in [-0.2, -0.15) is 0 Å². The smallest absolute Gasteiger partial charge is 0.266 e. The first-order chi connectivity index (χ1) is 12.6. The summed E-state index contributed by atoms with van der Waals surface area (Å²) in [5.74, 6) is 1.01. The molecule has 0 saturated carbocycles. The molecular weight excluding hydrogens is 346 g/mol. The van der Waals surface area contributed by atoms with Crippen molar-refractivity contribution in [1.82, 2.24) is 19.3 Å². The summed E-state index contributed by atoms with van der Waals surface area (Å²) in [6, 6.07) is 4.10. The van der Waals surface area contributed by atoms with Gasteiger partial charge in [-0.05, 0) is 38.3 Å². The van der Waals surface area contributed by atoms with E-state index in [4.69, 9.17) is 4.98 Å². The first-order valence-electron chi connectivity index (χ1n) is 8.92. The Hall–Kier alpha value is -2.41. The molecule has 0 bridgehead atoms. The maximum atomic E-state index is 13.1. The van der Waals surface area contributed by atoms with Crippen molar-refractivity contribution in [3.05, 3.63) is 46.3 Å². The van der Waals surface area contributed by atoms with E-state index in [1.54, 1.807) is 5.51 Å². The zero-order valence-corrected chi connectivity index (χ0v) is 16.2. The van der Waals surface area contributed by atoms with Crippen LogP contribution in [-0.2, 0) is 0 Å². The Morgan fingerprint density at radius 1 is 1.35 bits per heavy atom. The molecule has 4 heterocycles. The molecule has 0 spiro atoms. The maximum Gasteiger partial charge on any atom is 0.266 e. The fourth-order valence-corrected chi connectivity index (χ4v) is 4.41. The van der Waals surface area contributed by atoms with Crippen LogP contribution in [0.2, 0.25) is 0 Å². The van der Waals surface area contributed by atoms with E-state index in [0.29, 0.717) is 0 Å². The van der Waals surface area contributed by atoms with Gasteiger partial charge in [0.25, 0.3) is 5.91 Å². The van der Waals surface area contributed by atoms with Crippen molar-refractivity contribution < 1.29 is 4.79 Å². The lowest BCUT2D eigenvalue weighted by Gasteiger charge is -2.35. The zero-order valence-electron chi connectivity index (χ0n) is 15.3. The van der Waals surface area contributed by atoms with Gasteiger partial charge in [-0.25, -0.2) is 9.97 Å². The number of aryl methyl sites for hydroxylation is 1. The van der Waals surface area contributed by atoms with Crippen molar-refractivity contribution in [2.45, 2.75) is 32.2 Å². The van der Waals surface area contributed by atoms with Crippen LogP contribution >= 0.6 is 11.3 Å². The monoisotopic (exact) mass is 369 g/mol. The van der Waals surface area contributed by atoms with Gasteiger partial charge in [-0.1, -0.05) is 0 Å². The molecule has 1 atom stereocenters. The van der Waals surface area contributed by atoms with E-state index < -0.39 is 0 Å². The van der Waals surface area contributed by atoms with Crippen LogP contribution in [-0.4, -0.2) is 45.8 Å². The number of anilines is 1. The number of thiazole rings is 1. The summed E-state index contributed by atoms with van der Waals surface area (Å²) in [6.07, 6.45) is 7.19. The molecule has 6 nitrogen and oxygen atoms in total. The first-order valence-corrected chi connectivity index (χ1v) is 9.80. The number of aromatic nitrogens is 3. The van der Waals surface area contributed by atoms with Crippen LogP contribution in [0, 0.1) is 6.92 Å². The molecule has 136 valence electrons. The first kappa shape index (κ1) is 17.0. The summed E-state index contributed by atoms with van der Waals surface area (Å²) in [6.45, 7) is 2.67. The third-order valence-electron chi connectivity index (χ3n) is 4.98. The molecule has 1 unspecified atom stereocenters. The van der Waals surface area contributed by atoms with E-state index in [2.05, 4.69) is 21.6 Å². The van der Waals surface area contributed by atoms with Crippen molar-refractivity contribution in [1.29, 1.82) is 0 Å². The highest BCUT2D eigenvalue weighted by molar-refractivity contribution is 7.11. The number of piperidine rings is 1. The Labute approximate surface area is 157 Å². The fraction of sp³-hybridized carbons (Fsp3) is 0.421. The van der Waals surface area contributed by atoms with Crippen LogP contribution in [0.5, 0.6) is 0 Å². The van der Waals surface area contributed by atoms with Gasteiger partial charge in [-0.15, -0.1) is 11.3 Å². The fourth-order valence-electron chi connectivity index (χ4n) is 3.66. The number of carbonyl (C=O) groups is 1. The molecule has 1 aliphatic heterocycles. The number of amides is 1. The molecule has 1 aliphatic rings. The number of nitrogens with zero attached hydrogens (tertiary/aromatic N) is 5. The molecule has 0 aliphatic carbocycles. The molecule has 3 aromatic rings. The second-order valence-corrected chi connectivity index (χ2v) is 7.82. The quantitative estimate of drug-likeness (QED) is 0.709. The SMILES string of the molecule is Cc1ncsc1C(=O)N1CCCCC1c1cn2cccc2c(N(C)C)n1. The molecule has 0 N–H and O–H groups in total. The number of likely N-dealkylation sites (tertiary alicyclic amines) is 1. The van der Waals surface area contributed by atoms with E-state index in [-0.39, 0.29) is 11.9 Å². The van der Waals surface area contributed by atoms with Crippen molar-refractivity contribution >= 4 is 28.6 Å². The van der Waals surface area contributed by atoms with Gasteiger partial charge >= 0.3 is 0 Å². The van der Waals surface area contributed by atoms with Crippen molar-refractivity contribution in [2.24, 2.45) is 0 Å². The van der Waals surface area contributed by atoms with E-state index in [9.17, 15) is 4.79 Å².